The molecule has 15 heavy (non-hydrogen) atoms. The fourth-order valence-electron chi connectivity index (χ4n) is 3.94. The number of aliphatic hydroxyl groups excluding tert-OH is 1. The van der Waals surface area contributed by atoms with Crippen molar-refractivity contribution < 1.29 is 14.9 Å². The maximum absolute atomic E-state index is 10.7. The molecule has 0 aromatic carbocycles. The summed E-state index contributed by atoms with van der Waals surface area (Å²) in [5, 5.41) is 20.0. The van der Waals surface area contributed by atoms with Crippen LogP contribution in [-0.2, 0) is 4.74 Å². The van der Waals surface area contributed by atoms with E-state index in [1.165, 1.54) is 0 Å². The molecule has 3 heteroatoms. The Morgan fingerprint density at radius 1 is 1.13 bits per heavy atom. The second-order valence-corrected chi connectivity index (χ2v) is 5.56. The molecule has 1 aliphatic carbocycles. The molecule has 0 unspecified atom stereocenters. The highest BCUT2D eigenvalue weighted by molar-refractivity contribution is 5.11. The summed E-state index contributed by atoms with van der Waals surface area (Å²) in [4.78, 5) is 0. The Bertz CT molecular complexity index is 268. The maximum atomic E-state index is 10.7. The van der Waals surface area contributed by atoms with Crippen LogP contribution in [0.25, 0.3) is 0 Å². The standard InChI is InChI=1S/C12H20O3/c13-8-9-2-6-11(14)4-1-5-12(11)7-3-10(9)15-12/h9-10,13-14H,1-8H2/t9-,10+,11-,12-/m0/s1. The Hall–Kier alpha value is -0.120. The minimum Gasteiger partial charge on any atom is -0.396 e. The number of aliphatic hydroxyl groups is 2. The molecule has 3 aliphatic rings. The van der Waals surface area contributed by atoms with Crippen molar-refractivity contribution in [1.82, 2.24) is 0 Å². The third-order valence-corrected chi connectivity index (χ3v) is 4.92. The SMILES string of the molecule is OC[C@@H]1CC[C@@]2(O)CCC[C@]23CC[C@H]1O3. The lowest BCUT2D eigenvalue weighted by atomic mass is 9.77. The fraction of sp³-hybridized carbons (Fsp3) is 1.00. The van der Waals surface area contributed by atoms with E-state index in [4.69, 9.17) is 4.74 Å². The zero-order chi connectivity index (χ0) is 10.5. The molecule has 3 fully saturated rings. The van der Waals surface area contributed by atoms with E-state index in [9.17, 15) is 10.2 Å². The van der Waals surface area contributed by atoms with Gasteiger partial charge in [0, 0.05) is 12.5 Å². The summed E-state index contributed by atoms with van der Waals surface area (Å²) in [5.74, 6) is 0.249. The highest BCUT2D eigenvalue weighted by atomic mass is 16.5. The summed E-state index contributed by atoms with van der Waals surface area (Å²) in [5.41, 5.74) is -0.840. The van der Waals surface area contributed by atoms with Gasteiger partial charge in [-0.05, 0) is 44.9 Å². The van der Waals surface area contributed by atoms with Gasteiger partial charge in [0.1, 0.15) is 0 Å². The number of hydrogen-bond donors (Lipinski definition) is 2. The van der Waals surface area contributed by atoms with Gasteiger partial charge in [-0.1, -0.05) is 0 Å². The first-order valence-electron chi connectivity index (χ1n) is 6.20. The van der Waals surface area contributed by atoms with Crippen LogP contribution < -0.4 is 0 Å². The first kappa shape index (κ1) is 10.1. The summed E-state index contributed by atoms with van der Waals surface area (Å²) >= 11 is 0. The van der Waals surface area contributed by atoms with Crippen LogP contribution in [0.3, 0.4) is 0 Å². The molecule has 2 N–H and O–H groups in total. The quantitative estimate of drug-likeness (QED) is 0.687. The van der Waals surface area contributed by atoms with Gasteiger partial charge in [0.25, 0.3) is 0 Å². The molecule has 0 aromatic rings. The van der Waals surface area contributed by atoms with Crippen molar-refractivity contribution in [3.8, 4) is 0 Å². The van der Waals surface area contributed by atoms with E-state index in [-0.39, 0.29) is 24.2 Å². The Balaban J connectivity index is 1.92. The van der Waals surface area contributed by atoms with E-state index in [1.54, 1.807) is 0 Å². The lowest BCUT2D eigenvalue weighted by Crippen LogP contribution is -2.48. The molecule has 2 heterocycles. The van der Waals surface area contributed by atoms with E-state index in [0.29, 0.717) is 0 Å². The summed E-state index contributed by atoms with van der Waals surface area (Å²) in [6.07, 6.45) is 6.93. The molecule has 0 amide bonds. The van der Waals surface area contributed by atoms with Gasteiger partial charge < -0.3 is 14.9 Å². The third kappa shape index (κ3) is 1.23. The smallest absolute Gasteiger partial charge is 0.0972 e. The lowest BCUT2D eigenvalue weighted by molar-refractivity contribution is -0.153. The Morgan fingerprint density at radius 2 is 2.00 bits per heavy atom. The van der Waals surface area contributed by atoms with Crippen LogP contribution >= 0.6 is 0 Å². The molecule has 1 saturated carbocycles. The topological polar surface area (TPSA) is 49.7 Å². The minimum absolute atomic E-state index is 0.196. The first-order chi connectivity index (χ1) is 7.19. The first-order valence-corrected chi connectivity index (χ1v) is 6.20. The number of fused-ring (bicyclic) bond motifs is 1. The van der Waals surface area contributed by atoms with E-state index in [1.807, 2.05) is 0 Å². The molecule has 86 valence electrons. The van der Waals surface area contributed by atoms with Crippen molar-refractivity contribution in [3.63, 3.8) is 0 Å². The van der Waals surface area contributed by atoms with Crippen molar-refractivity contribution in [2.24, 2.45) is 5.92 Å². The summed E-state index contributed by atoms with van der Waals surface area (Å²) in [7, 11) is 0. The van der Waals surface area contributed by atoms with Crippen LogP contribution in [0.2, 0.25) is 0 Å². The Morgan fingerprint density at radius 3 is 2.80 bits per heavy atom. The molecule has 2 saturated heterocycles. The molecule has 1 spiro atoms. The van der Waals surface area contributed by atoms with Crippen molar-refractivity contribution in [2.75, 3.05) is 6.61 Å². The predicted octanol–water partition coefficient (Wildman–Crippen LogP) is 1.22. The molecule has 2 aliphatic heterocycles. The van der Waals surface area contributed by atoms with Gasteiger partial charge in [-0.25, -0.2) is 0 Å². The average Bonchev–Trinajstić information content (AvgIpc) is 2.73. The van der Waals surface area contributed by atoms with Crippen molar-refractivity contribution in [3.05, 3.63) is 0 Å². The van der Waals surface area contributed by atoms with Crippen molar-refractivity contribution in [2.45, 2.75) is 62.3 Å². The van der Waals surface area contributed by atoms with Gasteiger partial charge in [0.15, 0.2) is 0 Å². The largest absolute Gasteiger partial charge is 0.396 e. The number of rotatable bonds is 1. The van der Waals surface area contributed by atoms with Gasteiger partial charge in [-0.3, -0.25) is 0 Å². The zero-order valence-corrected chi connectivity index (χ0v) is 9.11. The Labute approximate surface area is 90.4 Å². The number of hydrogen-bond acceptors (Lipinski definition) is 3. The Kier molecular flexibility index (Phi) is 2.14. The highest BCUT2D eigenvalue weighted by Gasteiger charge is 2.60. The monoisotopic (exact) mass is 212 g/mol. The third-order valence-electron chi connectivity index (χ3n) is 4.92. The van der Waals surface area contributed by atoms with Gasteiger partial charge in [-0.2, -0.15) is 0 Å². The normalized spacial score (nSPS) is 54.0. The second-order valence-electron chi connectivity index (χ2n) is 5.56. The van der Waals surface area contributed by atoms with Crippen LogP contribution in [0.5, 0.6) is 0 Å². The molecule has 0 radical (unpaired) electrons. The highest BCUT2D eigenvalue weighted by Crippen LogP contribution is 2.55. The van der Waals surface area contributed by atoms with Crippen molar-refractivity contribution >= 4 is 0 Å². The maximum Gasteiger partial charge on any atom is 0.0972 e. The van der Waals surface area contributed by atoms with Gasteiger partial charge >= 0.3 is 0 Å². The van der Waals surface area contributed by atoms with Crippen LogP contribution in [0, 0.1) is 5.92 Å². The number of ether oxygens (including phenoxy) is 1. The van der Waals surface area contributed by atoms with Crippen LogP contribution in [0.15, 0.2) is 0 Å². The predicted molar refractivity (Wildman–Crippen MR) is 55.4 cm³/mol. The van der Waals surface area contributed by atoms with E-state index in [2.05, 4.69) is 0 Å². The summed E-state index contributed by atoms with van der Waals surface area (Å²) in [6.45, 7) is 0.205. The van der Waals surface area contributed by atoms with E-state index < -0.39 is 5.60 Å². The molecule has 3 rings (SSSR count). The molecular formula is C12H20O3. The molecule has 0 aromatic heterocycles. The second kappa shape index (κ2) is 3.19. The van der Waals surface area contributed by atoms with Gasteiger partial charge in [0.05, 0.1) is 17.3 Å². The molecule has 2 bridgehead atoms. The average molecular weight is 212 g/mol. The van der Waals surface area contributed by atoms with Crippen LogP contribution in [-0.4, -0.2) is 34.1 Å². The zero-order valence-electron chi connectivity index (χ0n) is 9.11. The molecule has 4 atom stereocenters. The van der Waals surface area contributed by atoms with Gasteiger partial charge in [-0.15, -0.1) is 0 Å². The summed E-state index contributed by atoms with van der Waals surface area (Å²) < 4.78 is 6.13. The molecular weight excluding hydrogens is 192 g/mol. The van der Waals surface area contributed by atoms with Crippen LogP contribution in [0.4, 0.5) is 0 Å². The van der Waals surface area contributed by atoms with E-state index >= 15 is 0 Å². The van der Waals surface area contributed by atoms with Crippen molar-refractivity contribution in [1.29, 1.82) is 0 Å². The fourth-order valence-corrected chi connectivity index (χ4v) is 3.94. The summed E-state index contributed by atoms with van der Waals surface area (Å²) in [6, 6.07) is 0. The van der Waals surface area contributed by atoms with Gasteiger partial charge in [0.2, 0.25) is 0 Å². The van der Waals surface area contributed by atoms with E-state index in [0.717, 1.165) is 44.9 Å². The molecule has 3 nitrogen and oxygen atoms in total. The van der Waals surface area contributed by atoms with Crippen LogP contribution in [0.1, 0.15) is 44.9 Å². The minimum atomic E-state index is -0.592. The lowest BCUT2D eigenvalue weighted by Gasteiger charge is -2.37.